The van der Waals surface area contributed by atoms with Gasteiger partial charge in [0.25, 0.3) is 0 Å². The smallest absolute Gasteiger partial charge is 0.472 e. The van der Waals surface area contributed by atoms with Crippen molar-refractivity contribution in [2.45, 2.75) is 38.9 Å². The van der Waals surface area contributed by atoms with E-state index in [1.165, 1.54) is 12.6 Å². The molecular formula is C14H19BN2O4. The molecule has 2 heterocycles. The van der Waals surface area contributed by atoms with Crippen LogP contribution in [0, 0.1) is 0 Å². The molecule has 21 heavy (non-hydrogen) atoms. The molecule has 0 saturated heterocycles. The summed E-state index contributed by atoms with van der Waals surface area (Å²) in [5.41, 5.74) is -0.284. The Labute approximate surface area is 124 Å². The Bertz CT molecular complexity index is 593. The Morgan fingerprint density at radius 1 is 1.14 bits per heavy atom. The molecule has 0 fully saturated rings. The molecule has 2 N–H and O–H groups in total. The number of aromatic nitrogens is 2. The first-order chi connectivity index (χ1) is 9.71. The average Bonchev–Trinajstić information content (AvgIpc) is 2.87. The molecular weight excluding hydrogens is 271 g/mol. The van der Waals surface area contributed by atoms with Crippen LogP contribution in [0.25, 0.3) is 11.1 Å². The van der Waals surface area contributed by atoms with E-state index in [1.807, 2.05) is 0 Å². The quantitative estimate of drug-likeness (QED) is 0.798. The zero-order valence-electron chi connectivity index (χ0n) is 12.6. The Balaban J connectivity index is 2.15. The van der Waals surface area contributed by atoms with E-state index in [4.69, 9.17) is 9.07 Å². The van der Waals surface area contributed by atoms with Gasteiger partial charge in [0, 0.05) is 23.5 Å². The highest BCUT2D eigenvalue weighted by molar-refractivity contribution is 6.58. The lowest BCUT2D eigenvalue weighted by Gasteiger charge is -2.38. The largest absolute Gasteiger partial charge is 0.529 e. The molecule has 0 amide bonds. The van der Waals surface area contributed by atoms with E-state index < -0.39 is 18.3 Å². The molecule has 0 aliphatic carbocycles. The molecule has 0 aliphatic heterocycles. The van der Waals surface area contributed by atoms with Crippen molar-refractivity contribution in [2.24, 2.45) is 0 Å². The van der Waals surface area contributed by atoms with Gasteiger partial charge in [-0.3, -0.25) is 0 Å². The fourth-order valence-electron chi connectivity index (χ4n) is 1.56. The summed E-state index contributed by atoms with van der Waals surface area (Å²) < 4.78 is 10.8. The van der Waals surface area contributed by atoms with Crippen molar-refractivity contribution in [2.75, 3.05) is 0 Å². The van der Waals surface area contributed by atoms with Crippen molar-refractivity contribution in [3.63, 3.8) is 0 Å². The van der Waals surface area contributed by atoms with Crippen LogP contribution < -0.4 is 5.66 Å². The van der Waals surface area contributed by atoms with E-state index in [2.05, 4.69) is 9.97 Å². The minimum atomic E-state index is -1.27. The number of rotatable bonds is 5. The summed E-state index contributed by atoms with van der Waals surface area (Å²) in [6.45, 7) is 6.64. The van der Waals surface area contributed by atoms with E-state index in [-0.39, 0.29) is 5.66 Å². The molecule has 6 nitrogen and oxygen atoms in total. The summed E-state index contributed by atoms with van der Waals surface area (Å²) in [6.07, 6.45) is 6.23. The minimum absolute atomic E-state index is 0.256. The first-order valence-corrected chi connectivity index (χ1v) is 6.63. The highest BCUT2D eigenvalue weighted by Gasteiger charge is 2.40. The van der Waals surface area contributed by atoms with Gasteiger partial charge in [0.1, 0.15) is 12.0 Å². The molecule has 2 aromatic heterocycles. The normalized spacial score (nSPS) is 12.5. The van der Waals surface area contributed by atoms with Crippen LogP contribution in [0.4, 0.5) is 0 Å². The van der Waals surface area contributed by atoms with Gasteiger partial charge in [0.2, 0.25) is 0 Å². The van der Waals surface area contributed by atoms with Crippen LogP contribution >= 0.6 is 0 Å². The monoisotopic (exact) mass is 290 g/mol. The fraction of sp³-hybridized carbons (Fsp3) is 0.429. The highest BCUT2D eigenvalue weighted by Crippen LogP contribution is 2.25. The number of aliphatic hydroxyl groups is 1. The number of hydrogen-bond acceptors (Lipinski definition) is 6. The van der Waals surface area contributed by atoms with Crippen molar-refractivity contribution in [3.8, 4) is 11.1 Å². The second-order valence-corrected chi connectivity index (χ2v) is 5.90. The molecule has 7 heteroatoms. The molecule has 2 rings (SSSR count). The lowest BCUT2D eigenvalue weighted by molar-refractivity contribution is -0.0986. The van der Waals surface area contributed by atoms with E-state index in [9.17, 15) is 10.1 Å². The topological polar surface area (TPSA) is 88.6 Å². The van der Waals surface area contributed by atoms with Gasteiger partial charge in [-0.05, 0) is 33.8 Å². The van der Waals surface area contributed by atoms with Crippen molar-refractivity contribution < 1.29 is 19.2 Å². The number of nitrogens with zero attached hydrogens (tertiary/aromatic N) is 2. The molecule has 0 saturated carbocycles. The van der Waals surface area contributed by atoms with Crippen LogP contribution in [0.5, 0.6) is 0 Å². The second-order valence-electron chi connectivity index (χ2n) is 5.90. The first kappa shape index (κ1) is 15.7. The van der Waals surface area contributed by atoms with Crippen LogP contribution in [-0.2, 0) is 4.65 Å². The fourth-order valence-corrected chi connectivity index (χ4v) is 1.56. The van der Waals surface area contributed by atoms with E-state index in [1.54, 1.807) is 46.2 Å². The molecule has 0 aliphatic rings. The van der Waals surface area contributed by atoms with Crippen molar-refractivity contribution in [3.05, 3.63) is 31.1 Å². The minimum Gasteiger partial charge on any atom is -0.472 e. The summed E-state index contributed by atoms with van der Waals surface area (Å²) in [4.78, 5) is 7.85. The maximum absolute atomic E-state index is 10.1. The van der Waals surface area contributed by atoms with Gasteiger partial charge in [-0.1, -0.05) is 0 Å². The predicted octanol–water partition coefficient (Wildman–Crippen LogP) is 0.990. The molecule has 0 bridgehead atoms. The van der Waals surface area contributed by atoms with E-state index >= 15 is 0 Å². The summed E-state index contributed by atoms with van der Waals surface area (Å²) in [5.74, 6) is 0. The maximum atomic E-state index is 10.1. The summed E-state index contributed by atoms with van der Waals surface area (Å²) >= 11 is 0. The highest BCUT2D eigenvalue weighted by atomic mass is 16.6. The standard InChI is InChI=1S/C14H19BN2O4/c1-13(2,18)14(3,4)21-15(19)12-5-10(8-20-12)11-6-16-9-17-7-11/h5-9,18-19H,1-4H3. The summed E-state index contributed by atoms with van der Waals surface area (Å²) in [7, 11) is -1.27. The predicted molar refractivity (Wildman–Crippen MR) is 78.8 cm³/mol. The Kier molecular flexibility index (Phi) is 4.18. The van der Waals surface area contributed by atoms with Crippen LogP contribution in [-0.4, -0.2) is 38.4 Å². The molecule has 0 atom stereocenters. The van der Waals surface area contributed by atoms with E-state index in [0.29, 0.717) is 0 Å². The molecule has 0 unspecified atom stereocenters. The molecule has 0 radical (unpaired) electrons. The first-order valence-electron chi connectivity index (χ1n) is 6.63. The van der Waals surface area contributed by atoms with Crippen LogP contribution in [0.2, 0.25) is 0 Å². The van der Waals surface area contributed by atoms with Gasteiger partial charge in [-0.15, -0.1) is 0 Å². The van der Waals surface area contributed by atoms with Crippen molar-refractivity contribution >= 4 is 12.8 Å². The SMILES string of the molecule is CC(C)(O)C(C)(C)OB(O)c1cc(-c2cncnc2)co1. The lowest BCUT2D eigenvalue weighted by atomic mass is 9.81. The van der Waals surface area contributed by atoms with Crippen LogP contribution in [0.15, 0.2) is 35.5 Å². The molecule has 112 valence electrons. The van der Waals surface area contributed by atoms with E-state index in [0.717, 1.165) is 11.1 Å². The molecule has 0 aromatic carbocycles. The number of furan rings is 1. The Morgan fingerprint density at radius 2 is 1.76 bits per heavy atom. The van der Waals surface area contributed by atoms with Crippen molar-refractivity contribution in [1.82, 2.24) is 9.97 Å². The maximum Gasteiger partial charge on any atom is 0.529 e. The van der Waals surface area contributed by atoms with Gasteiger partial charge < -0.3 is 19.2 Å². The van der Waals surface area contributed by atoms with Gasteiger partial charge in [0.15, 0.2) is 0 Å². The Hall–Kier alpha value is -1.70. The third kappa shape index (κ3) is 3.50. The zero-order chi connectivity index (χ0) is 15.7. The number of hydrogen-bond donors (Lipinski definition) is 2. The van der Waals surface area contributed by atoms with Gasteiger partial charge in [-0.2, -0.15) is 0 Å². The van der Waals surface area contributed by atoms with Crippen LogP contribution in [0.1, 0.15) is 27.7 Å². The Morgan fingerprint density at radius 3 is 2.33 bits per heavy atom. The molecule has 2 aromatic rings. The van der Waals surface area contributed by atoms with Crippen LogP contribution in [0.3, 0.4) is 0 Å². The summed E-state index contributed by atoms with van der Waals surface area (Å²) in [5, 5.41) is 20.2. The molecule has 0 spiro atoms. The third-order valence-corrected chi connectivity index (χ3v) is 3.64. The lowest BCUT2D eigenvalue weighted by Crippen LogP contribution is -2.52. The second kappa shape index (κ2) is 5.59. The third-order valence-electron chi connectivity index (χ3n) is 3.64. The average molecular weight is 290 g/mol. The zero-order valence-corrected chi connectivity index (χ0v) is 12.6. The summed E-state index contributed by atoms with van der Waals surface area (Å²) in [6, 6.07) is 1.66. The van der Waals surface area contributed by atoms with Gasteiger partial charge in [-0.25, -0.2) is 9.97 Å². The van der Waals surface area contributed by atoms with Gasteiger partial charge >= 0.3 is 7.12 Å². The van der Waals surface area contributed by atoms with Crippen molar-refractivity contribution in [1.29, 1.82) is 0 Å². The van der Waals surface area contributed by atoms with Gasteiger partial charge in [0.05, 0.1) is 17.5 Å².